The van der Waals surface area contributed by atoms with Gasteiger partial charge < -0.3 is 14.4 Å². The predicted molar refractivity (Wildman–Crippen MR) is 103 cm³/mol. The predicted octanol–water partition coefficient (Wildman–Crippen LogP) is 4.77. The summed E-state index contributed by atoms with van der Waals surface area (Å²) in [5, 5.41) is 0.537. The maximum Gasteiger partial charge on any atom is 0.257 e. The standard InChI is InChI=1S/C21H24ClNO3/c1-14(2)26-20-9-6-17(22)12-19(20)21(24)23-11-10-16(13-23)15-4-7-18(25-3)8-5-15/h4-9,12,14,16H,10-11,13H2,1-3H3. The first-order valence-electron chi connectivity index (χ1n) is 8.87. The Morgan fingerprint density at radius 3 is 2.58 bits per heavy atom. The molecule has 4 nitrogen and oxygen atoms in total. The Balaban J connectivity index is 1.76. The maximum absolute atomic E-state index is 13.0. The monoisotopic (exact) mass is 373 g/mol. The molecule has 1 amide bonds. The minimum Gasteiger partial charge on any atom is -0.497 e. The number of amides is 1. The molecule has 1 unspecified atom stereocenters. The zero-order chi connectivity index (χ0) is 18.7. The molecule has 1 heterocycles. The van der Waals surface area contributed by atoms with Gasteiger partial charge >= 0.3 is 0 Å². The number of methoxy groups -OCH3 is 1. The van der Waals surface area contributed by atoms with E-state index in [4.69, 9.17) is 21.1 Å². The smallest absolute Gasteiger partial charge is 0.257 e. The van der Waals surface area contributed by atoms with Gasteiger partial charge in [0.15, 0.2) is 0 Å². The lowest BCUT2D eigenvalue weighted by molar-refractivity contribution is 0.0784. The van der Waals surface area contributed by atoms with Gasteiger partial charge in [0.1, 0.15) is 11.5 Å². The van der Waals surface area contributed by atoms with Crippen LogP contribution in [0.15, 0.2) is 42.5 Å². The fourth-order valence-corrected chi connectivity index (χ4v) is 3.46. The number of ether oxygens (including phenoxy) is 2. The van der Waals surface area contributed by atoms with E-state index in [1.807, 2.05) is 30.9 Å². The molecule has 1 aliphatic heterocycles. The SMILES string of the molecule is COc1ccc(C2CCN(C(=O)c3cc(Cl)ccc3OC(C)C)C2)cc1. The van der Waals surface area contributed by atoms with Gasteiger partial charge in [0, 0.05) is 24.0 Å². The summed E-state index contributed by atoms with van der Waals surface area (Å²) in [6.45, 7) is 5.30. The van der Waals surface area contributed by atoms with Crippen LogP contribution in [0.5, 0.6) is 11.5 Å². The zero-order valence-corrected chi connectivity index (χ0v) is 16.1. The van der Waals surface area contributed by atoms with Crippen LogP contribution in [-0.2, 0) is 0 Å². The van der Waals surface area contributed by atoms with Crippen molar-refractivity contribution in [2.45, 2.75) is 32.3 Å². The first-order valence-corrected chi connectivity index (χ1v) is 9.25. The van der Waals surface area contributed by atoms with Crippen LogP contribution in [0.2, 0.25) is 5.02 Å². The highest BCUT2D eigenvalue weighted by Crippen LogP contribution is 2.32. The fourth-order valence-electron chi connectivity index (χ4n) is 3.29. The van der Waals surface area contributed by atoms with Crippen LogP contribution in [0.3, 0.4) is 0 Å². The lowest BCUT2D eigenvalue weighted by Gasteiger charge is -2.20. The normalized spacial score (nSPS) is 16.8. The summed E-state index contributed by atoms with van der Waals surface area (Å²) >= 11 is 6.12. The van der Waals surface area contributed by atoms with Crippen molar-refractivity contribution in [2.75, 3.05) is 20.2 Å². The molecule has 26 heavy (non-hydrogen) atoms. The van der Waals surface area contributed by atoms with Crippen molar-refractivity contribution in [1.82, 2.24) is 4.90 Å². The summed E-state index contributed by atoms with van der Waals surface area (Å²) < 4.78 is 11.0. The molecule has 1 saturated heterocycles. The van der Waals surface area contributed by atoms with E-state index >= 15 is 0 Å². The topological polar surface area (TPSA) is 38.8 Å². The summed E-state index contributed by atoms with van der Waals surface area (Å²) in [6.07, 6.45) is 0.937. The summed E-state index contributed by atoms with van der Waals surface area (Å²) in [5.41, 5.74) is 1.76. The van der Waals surface area contributed by atoms with Crippen molar-refractivity contribution in [3.05, 3.63) is 58.6 Å². The van der Waals surface area contributed by atoms with Gasteiger partial charge in [0.05, 0.1) is 18.8 Å². The minimum atomic E-state index is -0.0286. The number of halogens is 1. The van der Waals surface area contributed by atoms with E-state index in [1.165, 1.54) is 5.56 Å². The van der Waals surface area contributed by atoms with E-state index in [9.17, 15) is 4.79 Å². The molecule has 0 aliphatic carbocycles. The molecule has 0 saturated carbocycles. The average molecular weight is 374 g/mol. The molecule has 0 spiro atoms. The number of benzene rings is 2. The van der Waals surface area contributed by atoms with Gasteiger partial charge in [-0.05, 0) is 56.2 Å². The van der Waals surface area contributed by atoms with Crippen LogP contribution in [-0.4, -0.2) is 37.1 Å². The minimum absolute atomic E-state index is 0.00616. The second kappa shape index (κ2) is 8.00. The van der Waals surface area contributed by atoms with Crippen molar-refractivity contribution < 1.29 is 14.3 Å². The van der Waals surface area contributed by atoms with Crippen molar-refractivity contribution in [3.8, 4) is 11.5 Å². The van der Waals surface area contributed by atoms with Crippen molar-refractivity contribution in [2.24, 2.45) is 0 Å². The van der Waals surface area contributed by atoms with E-state index < -0.39 is 0 Å². The van der Waals surface area contributed by atoms with E-state index in [2.05, 4.69) is 12.1 Å². The highest BCUT2D eigenvalue weighted by molar-refractivity contribution is 6.31. The lowest BCUT2D eigenvalue weighted by Crippen LogP contribution is -2.29. The first-order chi connectivity index (χ1) is 12.5. The quantitative estimate of drug-likeness (QED) is 0.758. The van der Waals surface area contributed by atoms with E-state index in [0.717, 1.165) is 18.7 Å². The van der Waals surface area contributed by atoms with Crippen molar-refractivity contribution >= 4 is 17.5 Å². The van der Waals surface area contributed by atoms with Gasteiger partial charge in [0.25, 0.3) is 5.91 Å². The summed E-state index contributed by atoms with van der Waals surface area (Å²) in [6, 6.07) is 13.3. The lowest BCUT2D eigenvalue weighted by atomic mass is 9.98. The second-order valence-electron chi connectivity index (χ2n) is 6.82. The molecule has 3 rings (SSSR count). The number of carbonyl (C=O) groups is 1. The van der Waals surface area contributed by atoms with Crippen LogP contribution in [0, 0.1) is 0 Å². The molecule has 1 atom stereocenters. The Hall–Kier alpha value is -2.20. The Bertz CT molecular complexity index is 773. The molecule has 2 aromatic rings. The van der Waals surface area contributed by atoms with Crippen LogP contribution in [0.25, 0.3) is 0 Å². The van der Waals surface area contributed by atoms with E-state index in [-0.39, 0.29) is 12.0 Å². The van der Waals surface area contributed by atoms with Gasteiger partial charge in [-0.1, -0.05) is 23.7 Å². The third-order valence-electron chi connectivity index (χ3n) is 4.60. The van der Waals surface area contributed by atoms with E-state index in [0.29, 0.717) is 28.8 Å². The highest BCUT2D eigenvalue weighted by Gasteiger charge is 2.29. The fraction of sp³-hybridized carbons (Fsp3) is 0.381. The molecule has 1 aliphatic rings. The van der Waals surface area contributed by atoms with Gasteiger partial charge in [0.2, 0.25) is 0 Å². The summed E-state index contributed by atoms with van der Waals surface area (Å²) in [5.74, 6) is 1.73. The van der Waals surface area contributed by atoms with E-state index in [1.54, 1.807) is 25.3 Å². The Kier molecular flexibility index (Phi) is 5.72. The largest absolute Gasteiger partial charge is 0.497 e. The molecule has 0 bridgehead atoms. The maximum atomic E-state index is 13.0. The molecule has 0 N–H and O–H groups in total. The van der Waals surface area contributed by atoms with Gasteiger partial charge in [-0.3, -0.25) is 4.79 Å². The summed E-state index contributed by atoms with van der Waals surface area (Å²) in [4.78, 5) is 14.9. The highest BCUT2D eigenvalue weighted by atomic mass is 35.5. The third-order valence-corrected chi connectivity index (χ3v) is 4.83. The third kappa shape index (κ3) is 4.13. The molecule has 1 fully saturated rings. The van der Waals surface area contributed by atoms with Gasteiger partial charge in [-0.15, -0.1) is 0 Å². The number of rotatable bonds is 5. The van der Waals surface area contributed by atoms with Crippen molar-refractivity contribution in [3.63, 3.8) is 0 Å². The molecule has 0 radical (unpaired) electrons. The molecule has 5 heteroatoms. The van der Waals surface area contributed by atoms with Crippen LogP contribution in [0.1, 0.15) is 42.1 Å². The Labute approximate surface area is 159 Å². The zero-order valence-electron chi connectivity index (χ0n) is 15.4. The molecule has 0 aromatic heterocycles. The van der Waals surface area contributed by atoms with Gasteiger partial charge in [-0.25, -0.2) is 0 Å². The Morgan fingerprint density at radius 2 is 1.92 bits per heavy atom. The van der Waals surface area contributed by atoms with Gasteiger partial charge in [-0.2, -0.15) is 0 Å². The summed E-state index contributed by atoms with van der Waals surface area (Å²) in [7, 11) is 1.66. The average Bonchev–Trinajstić information content (AvgIpc) is 3.12. The molecular formula is C21H24ClNO3. The molecule has 138 valence electrons. The van der Waals surface area contributed by atoms with Crippen LogP contribution < -0.4 is 9.47 Å². The van der Waals surface area contributed by atoms with Crippen LogP contribution in [0.4, 0.5) is 0 Å². The second-order valence-corrected chi connectivity index (χ2v) is 7.25. The first kappa shape index (κ1) is 18.6. The number of nitrogens with zero attached hydrogens (tertiary/aromatic N) is 1. The number of hydrogen-bond acceptors (Lipinski definition) is 3. The Morgan fingerprint density at radius 1 is 1.19 bits per heavy atom. The number of carbonyl (C=O) groups excluding carboxylic acids is 1. The van der Waals surface area contributed by atoms with Crippen LogP contribution >= 0.6 is 11.6 Å². The molecule has 2 aromatic carbocycles. The van der Waals surface area contributed by atoms with Crippen molar-refractivity contribution in [1.29, 1.82) is 0 Å². The number of likely N-dealkylation sites (tertiary alicyclic amines) is 1. The number of hydrogen-bond donors (Lipinski definition) is 0. The molecular weight excluding hydrogens is 350 g/mol.